The topological polar surface area (TPSA) is 77.1 Å². The summed E-state index contributed by atoms with van der Waals surface area (Å²) in [6.07, 6.45) is -3.87. The molecule has 3 aromatic carbocycles. The predicted molar refractivity (Wildman–Crippen MR) is 131 cm³/mol. The highest BCUT2D eigenvalue weighted by atomic mass is 19.4. The van der Waals surface area contributed by atoms with Gasteiger partial charge in [-0.3, -0.25) is 0 Å². The highest BCUT2D eigenvalue weighted by Crippen LogP contribution is 2.48. The Balaban J connectivity index is 1.59. The molecular formula is C28H27F3N2O3. The number of hydrogen-bond donors (Lipinski definition) is 2. The van der Waals surface area contributed by atoms with Crippen molar-refractivity contribution in [3.05, 3.63) is 81.4 Å². The van der Waals surface area contributed by atoms with Gasteiger partial charge in [0.25, 0.3) is 0 Å². The van der Waals surface area contributed by atoms with Crippen molar-refractivity contribution in [2.75, 3.05) is 6.61 Å². The maximum Gasteiger partial charge on any atom is 0.417 e. The van der Waals surface area contributed by atoms with Crippen LogP contribution in [0.4, 0.5) is 13.2 Å². The molecule has 36 heavy (non-hydrogen) atoms. The highest BCUT2D eigenvalue weighted by Gasteiger charge is 2.39. The van der Waals surface area contributed by atoms with E-state index < -0.39 is 11.7 Å². The van der Waals surface area contributed by atoms with Gasteiger partial charge in [-0.25, -0.2) is 0 Å². The summed E-state index contributed by atoms with van der Waals surface area (Å²) < 4.78 is 54.7. The van der Waals surface area contributed by atoms with Gasteiger partial charge in [0.2, 0.25) is 0 Å². The van der Waals surface area contributed by atoms with Gasteiger partial charge < -0.3 is 20.4 Å². The molecule has 0 aromatic heterocycles. The second-order valence-electron chi connectivity index (χ2n) is 9.58. The maximum atomic E-state index is 14.2. The monoisotopic (exact) mass is 496 g/mol. The van der Waals surface area contributed by atoms with Crippen LogP contribution in [0.2, 0.25) is 0 Å². The van der Waals surface area contributed by atoms with Crippen LogP contribution in [0.3, 0.4) is 0 Å². The van der Waals surface area contributed by atoms with Crippen LogP contribution in [0, 0.1) is 13.8 Å². The average Bonchev–Trinajstić information content (AvgIpc) is 3.40. The molecule has 188 valence electrons. The first-order valence-corrected chi connectivity index (χ1v) is 11.8. The van der Waals surface area contributed by atoms with E-state index in [1.165, 1.54) is 0 Å². The van der Waals surface area contributed by atoms with Crippen molar-refractivity contribution < 1.29 is 27.9 Å². The molecule has 2 aliphatic rings. The van der Waals surface area contributed by atoms with E-state index in [1.54, 1.807) is 32.0 Å². The number of hydrogen-bond acceptors (Lipinski definition) is 4. The summed E-state index contributed by atoms with van der Waals surface area (Å²) in [7, 11) is 0. The summed E-state index contributed by atoms with van der Waals surface area (Å²) in [5.74, 6) is 1.66. The molecule has 8 heteroatoms. The minimum absolute atomic E-state index is 0.0942. The summed E-state index contributed by atoms with van der Waals surface area (Å²) in [5, 5.41) is 12.1. The van der Waals surface area contributed by atoms with Crippen molar-refractivity contribution in [1.29, 1.82) is 0 Å². The van der Waals surface area contributed by atoms with Gasteiger partial charge in [0.05, 0.1) is 12.2 Å². The van der Waals surface area contributed by atoms with Crippen LogP contribution in [-0.4, -0.2) is 17.6 Å². The van der Waals surface area contributed by atoms with Crippen molar-refractivity contribution in [2.45, 2.75) is 51.8 Å². The number of nitrogens with zero attached hydrogens (tertiary/aromatic N) is 1. The van der Waals surface area contributed by atoms with Gasteiger partial charge in [0.15, 0.2) is 5.84 Å². The largest absolute Gasteiger partial charge is 0.493 e. The zero-order valence-electron chi connectivity index (χ0n) is 20.2. The zero-order valence-corrected chi connectivity index (χ0v) is 20.2. The van der Waals surface area contributed by atoms with Gasteiger partial charge in [0.1, 0.15) is 17.6 Å². The Morgan fingerprint density at radius 1 is 1.06 bits per heavy atom. The molecule has 5 rings (SSSR count). The van der Waals surface area contributed by atoms with E-state index in [0.717, 1.165) is 22.9 Å². The second kappa shape index (κ2) is 8.76. The first kappa shape index (κ1) is 24.0. The second-order valence-corrected chi connectivity index (χ2v) is 9.58. The van der Waals surface area contributed by atoms with Crippen LogP contribution in [0.15, 0.2) is 47.6 Å². The van der Waals surface area contributed by atoms with E-state index in [0.29, 0.717) is 58.9 Å². The van der Waals surface area contributed by atoms with E-state index in [2.05, 4.69) is 12.1 Å². The fourth-order valence-electron chi connectivity index (χ4n) is 5.46. The lowest BCUT2D eigenvalue weighted by atomic mass is 9.85. The van der Waals surface area contributed by atoms with E-state index in [-0.39, 0.29) is 17.5 Å². The van der Waals surface area contributed by atoms with Gasteiger partial charge in [-0.15, -0.1) is 0 Å². The van der Waals surface area contributed by atoms with Crippen LogP contribution < -0.4 is 15.2 Å². The number of oxime groups is 1. The molecule has 0 saturated heterocycles. The SMILES string of the molecule is Cc1cc(C(N)=NO)cc(C)c1-c1c(C(F)(F)F)ccc2c1CCC2Oc1ccc2c(c1)OCC2C. The van der Waals surface area contributed by atoms with Crippen LogP contribution >= 0.6 is 0 Å². The number of aryl methyl sites for hydroxylation is 2. The fourth-order valence-corrected chi connectivity index (χ4v) is 5.46. The molecule has 3 N–H and O–H groups in total. The number of amidine groups is 1. The Morgan fingerprint density at radius 3 is 2.42 bits per heavy atom. The standard InChI is InChI=1S/C28H27F3N2O3/c1-14-10-17(27(32)33-34)11-15(2)25(14)26-21-7-9-23(20(21)6-8-22(26)28(29,30)31)36-18-4-5-19-16(3)13-35-24(19)12-18/h4-6,8,10-12,16,23,34H,7,9,13H2,1-3H3,(H2,32,33). The molecule has 0 saturated carbocycles. The Kier molecular flexibility index (Phi) is 5.85. The molecule has 0 radical (unpaired) electrons. The number of benzene rings is 3. The quantitative estimate of drug-likeness (QED) is 0.184. The normalized spacial score (nSPS) is 19.1. The number of rotatable bonds is 4. The van der Waals surface area contributed by atoms with Crippen LogP contribution in [0.25, 0.3) is 11.1 Å². The molecule has 2 unspecified atom stereocenters. The number of ether oxygens (including phenoxy) is 2. The first-order chi connectivity index (χ1) is 17.1. The zero-order chi connectivity index (χ0) is 25.8. The van der Waals surface area contributed by atoms with Gasteiger partial charge in [-0.1, -0.05) is 24.2 Å². The predicted octanol–water partition coefficient (Wildman–Crippen LogP) is 6.65. The summed E-state index contributed by atoms with van der Waals surface area (Å²) >= 11 is 0. The van der Waals surface area contributed by atoms with Crippen molar-refractivity contribution in [1.82, 2.24) is 0 Å². The van der Waals surface area contributed by atoms with Gasteiger partial charge in [-0.2, -0.15) is 13.2 Å². The van der Waals surface area contributed by atoms with Crippen molar-refractivity contribution in [3.63, 3.8) is 0 Å². The third-order valence-electron chi connectivity index (χ3n) is 7.13. The van der Waals surface area contributed by atoms with Crippen molar-refractivity contribution in [3.8, 4) is 22.6 Å². The number of halogens is 3. The van der Waals surface area contributed by atoms with Gasteiger partial charge in [-0.05, 0) is 84.3 Å². The Bertz CT molecular complexity index is 1360. The van der Waals surface area contributed by atoms with Crippen molar-refractivity contribution in [2.24, 2.45) is 10.9 Å². The van der Waals surface area contributed by atoms with Crippen LogP contribution in [0.1, 0.15) is 64.3 Å². The molecule has 0 bridgehead atoms. The summed E-state index contributed by atoms with van der Waals surface area (Å²) in [6.45, 7) is 6.21. The van der Waals surface area contributed by atoms with Gasteiger partial charge >= 0.3 is 6.18 Å². The van der Waals surface area contributed by atoms with E-state index in [4.69, 9.17) is 20.4 Å². The Morgan fingerprint density at radius 2 is 1.75 bits per heavy atom. The van der Waals surface area contributed by atoms with E-state index in [1.807, 2.05) is 18.2 Å². The number of alkyl halides is 3. The molecule has 1 aliphatic heterocycles. The highest BCUT2D eigenvalue weighted by molar-refractivity contribution is 5.98. The van der Waals surface area contributed by atoms with Gasteiger partial charge in [0, 0.05) is 23.1 Å². The Hall–Kier alpha value is -3.68. The molecule has 0 spiro atoms. The minimum atomic E-state index is -4.53. The molecule has 3 aromatic rings. The number of nitrogens with two attached hydrogens (primary N) is 1. The van der Waals surface area contributed by atoms with Crippen LogP contribution in [-0.2, 0) is 12.6 Å². The molecule has 5 nitrogen and oxygen atoms in total. The number of fused-ring (bicyclic) bond motifs is 2. The summed E-state index contributed by atoms with van der Waals surface area (Å²) in [5.41, 5.74) is 9.96. The van der Waals surface area contributed by atoms with E-state index in [9.17, 15) is 13.2 Å². The molecule has 1 heterocycles. The summed E-state index contributed by atoms with van der Waals surface area (Å²) in [4.78, 5) is 0. The lowest BCUT2D eigenvalue weighted by molar-refractivity contribution is -0.137. The molecule has 0 amide bonds. The Labute approximate surface area is 207 Å². The third kappa shape index (κ3) is 4.04. The molecule has 1 aliphatic carbocycles. The lowest BCUT2D eigenvalue weighted by Crippen LogP contribution is -2.15. The van der Waals surface area contributed by atoms with E-state index >= 15 is 0 Å². The molecule has 2 atom stereocenters. The lowest BCUT2D eigenvalue weighted by Gasteiger charge is -2.22. The van der Waals surface area contributed by atoms with Crippen molar-refractivity contribution >= 4 is 5.84 Å². The fraction of sp³-hybridized carbons (Fsp3) is 0.321. The minimum Gasteiger partial charge on any atom is -0.493 e. The first-order valence-electron chi connectivity index (χ1n) is 11.8. The molecular weight excluding hydrogens is 469 g/mol. The van der Waals surface area contributed by atoms with Crippen LogP contribution in [0.5, 0.6) is 11.5 Å². The third-order valence-corrected chi connectivity index (χ3v) is 7.13. The summed E-state index contributed by atoms with van der Waals surface area (Å²) in [6, 6.07) is 11.7. The molecule has 0 fully saturated rings. The maximum absolute atomic E-state index is 14.2. The average molecular weight is 497 g/mol. The smallest absolute Gasteiger partial charge is 0.417 e.